The van der Waals surface area contributed by atoms with Crippen LogP contribution in [0, 0.1) is 29.0 Å². The lowest BCUT2D eigenvalue weighted by Crippen LogP contribution is -2.55. The molecule has 3 aliphatic heterocycles. The summed E-state index contributed by atoms with van der Waals surface area (Å²) in [5, 5.41) is 16.4. The number of hydrogen-bond acceptors (Lipinski definition) is 6. The van der Waals surface area contributed by atoms with Gasteiger partial charge in [-0.05, 0) is 48.8 Å². The average Bonchev–Trinajstić information content (AvgIpc) is 3.11. The fraction of sp³-hybridized carbons (Fsp3) is 0.680. The maximum Gasteiger partial charge on any atom is 0.242 e. The zero-order valence-electron chi connectivity index (χ0n) is 19.8. The lowest BCUT2D eigenvalue weighted by molar-refractivity contribution is -0.134. The minimum atomic E-state index is -0.569. The van der Waals surface area contributed by atoms with E-state index in [1.54, 1.807) is 17.0 Å². The van der Waals surface area contributed by atoms with E-state index < -0.39 is 6.04 Å². The van der Waals surface area contributed by atoms with E-state index in [9.17, 15) is 14.4 Å². The predicted octanol–water partition coefficient (Wildman–Crippen LogP) is 1.73. The number of rotatable bonds is 6. The quantitative estimate of drug-likeness (QED) is 0.675. The van der Waals surface area contributed by atoms with Gasteiger partial charge in [0.25, 0.3) is 0 Å². The molecule has 0 spiro atoms. The van der Waals surface area contributed by atoms with Crippen LogP contribution in [0.3, 0.4) is 0 Å². The van der Waals surface area contributed by atoms with Crippen LogP contribution in [0.5, 0.6) is 0 Å². The van der Waals surface area contributed by atoms with Crippen molar-refractivity contribution in [3.05, 3.63) is 35.6 Å². The van der Waals surface area contributed by atoms with Crippen molar-refractivity contribution in [2.24, 2.45) is 17.6 Å². The zero-order chi connectivity index (χ0) is 23.9. The van der Waals surface area contributed by atoms with Gasteiger partial charge < -0.3 is 15.7 Å². The number of piperidine rings is 1. The summed E-state index contributed by atoms with van der Waals surface area (Å²) in [6.45, 7) is 6.85. The Morgan fingerprint density at radius 2 is 1.88 bits per heavy atom. The molecular weight excluding hydrogens is 421 g/mol. The Morgan fingerprint density at radius 1 is 1.18 bits per heavy atom. The van der Waals surface area contributed by atoms with Crippen molar-refractivity contribution < 1.29 is 14.3 Å². The van der Waals surface area contributed by atoms with Gasteiger partial charge in [-0.3, -0.25) is 14.6 Å². The van der Waals surface area contributed by atoms with Crippen molar-refractivity contribution in [3.8, 4) is 6.07 Å². The Labute approximate surface area is 195 Å². The van der Waals surface area contributed by atoms with E-state index in [2.05, 4.69) is 29.7 Å². The normalized spacial score (nSPS) is 32.2. The van der Waals surface area contributed by atoms with Crippen molar-refractivity contribution in [2.75, 3.05) is 26.7 Å². The highest BCUT2D eigenvalue weighted by Crippen LogP contribution is 2.48. The number of nitriles is 1. The zero-order valence-corrected chi connectivity index (χ0v) is 19.8. The summed E-state index contributed by atoms with van der Waals surface area (Å²) in [6, 6.07) is 9.67. The molecular formula is C25H36FN5O2. The third kappa shape index (κ3) is 4.52. The molecule has 2 bridgehead atoms. The number of carbonyl (C=O) groups excluding carboxylic acids is 1. The van der Waals surface area contributed by atoms with E-state index >= 15 is 0 Å². The molecule has 5 rings (SSSR count). The predicted molar refractivity (Wildman–Crippen MR) is 123 cm³/mol. The van der Waals surface area contributed by atoms with Gasteiger partial charge in [-0.25, -0.2) is 4.39 Å². The van der Waals surface area contributed by atoms with Crippen LogP contribution in [0.2, 0.25) is 0 Å². The van der Waals surface area contributed by atoms with Crippen molar-refractivity contribution in [2.45, 2.75) is 69.4 Å². The molecule has 3 heterocycles. The highest BCUT2D eigenvalue weighted by Gasteiger charge is 2.55. The van der Waals surface area contributed by atoms with Gasteiger partial charge in [0.05, 0.1) is 12.1 Å². The van der Waals surface area contributed by atoms with Crippen LogP contribution in [0.25, 0.3) is 0 Å². The first-order chi connectivity index (χ1) is 15.9. The molecule has 6 unspecified atom stereocenters. The third-order valence-corrected chi connectivity index (χ3v) is 7.85. The van der Waals surface area contributed by atoms with Gasteiger partial charge in [-0.15, -0.1) is 0 Å². The number of piperazine rings is 1. The number of aliphatic hydroxyl groups excluding tert-OH is 1. The third-order valence-electron chi connectivity index (χ3n) is 7.85. The Bertz CT molecular complexity index is 888. The number of nitrogens with zero attached hydrogens (tertiary/aromatic N) is 4. The van der Waals surface area contributed by atoms with Crippen LogP contribution < -0.4 is 5.73 Å². The topological polar surface area (TPSA) is 96.8 Å². The van der Waals surface area contributed by atoms with E-state index in [1.165, 1.54) is 0 Å². The van der Waals surface area contributed by atoms with Gasteiger partial charge in [-0.1, -0.05) is 26.0 Å². The first-order valence-corrected chi connectivity index (χ1v) is 12.0. The monoisotopic (exact) mass is 457 g/mol. The van der Waals surface area contributed by atoms with Crippen molar-refractivity contribution in [1.29, 1.82) is 5.26 Å². The summed E-state index contributed by atoms with van der Waals surface area (Å²) in [4.78, 5) is 19.7. The first-order valence-electron chi connectivity index (χ1n) is 12.0. The number of nitrogens with two attached hydrogens (primary N) is 1. The summed E-state index contributed by atoms with van der Waals surface area (Å²) in [7, 11) is 1.00. The molecule has 1 aliphatic carbocycles. The largest absolute Gasteiger partial charge is 0.400 e. The van der Waals surface area contributed by atoms with E-state index in [-0.39, 0.29) is 29.8 Å². The van der Waals surface area contributed by atoms with E-state index in [0.29, 0.717) is 30.5 Å². The van der Waals surface area contributed by atoms with E-state index in [4.69, 9.17) is 10.8 Å². The number of halogens is 1. The molecule has 7 nitrogen and oxygen atoms in total. The summed E-state index contributed by atoms with van der Waals surface area (Å²) in [5.74, 6) is 0.680. The number of benzene rings is 1. The van der Waals surface area contributed by atoms with Gasteiger partial charge in [0.2, 0.25) is 5.91 Å². The minimum absolute atomic E-state index is 0.0532. The van der Waals surface area contributed by atoms with Gasteiger partial charge in [0.1, 0.15) is 11.9 Å². The number of fused-ring (bicyclic) bond motifs is 3. The fourth-order valence-electron chi connectivity index (χ4n) is 6.37. The second kappa shape index (κ2) is 9.67. The second-order valence-corrected chi connectivity index (χ2v) is 10.2. The smallest absolute Gasteiger partial charge is 0.242 e. The molecule has 1 amide bonds. The lowest BCUT2D eigenvalue weighted by atomic mass is 9.93. The molecule has 0 aromatic heterocycles. The maximum atomic E-state index is 13.4. The molecule has 180 valence electrons. The van der Waals surface area contributed by atoms with E-state index in [0.717, 1.165) is 45.0 Å². The summed E-state index contributed by atoms with van der Waals surface area (Å²) < 4.78 is 13.4. The molecule has 1 aromatic rings. The molecule has 1 aromatic carbocycles. The Hall–Kier alpha value is -2.05. The average molecular weight is 458 g/mol. The van der Waals surface area contributed by atoms with Crippen LogP contribution in [0.4, 0.5) is 4.39 Å². The highest BCUT2D eigenvalue weighted by atomic mass is 19.1. The molecule has 4 aliphatic rings. The summed E-state index contributed by atoms with van der Waals surface area (Å²) in [6.07, 6.45) is 2.92. The van der Waals surface area contributed by atoms with Crippen molar-refractivity contribution in [1.82, 2.24) is 14.7 Å². The Balaban J connectivity index is 0.00000126. The van der Waals surface area contributed by atoms with Crippen LogP contribution in [0.1, 0.15) is 44.7 Å². The lowest BCUT2D eigenvalue weighted by Gasteiger charge is -2.41. The van der Waals surface area contributed by atoms with Crippen LogP contribution >= 0.6 is 0 Å². The van der Waals surface area contributed by atoms with Crippen molar-refractivity contribution in [3.63, 3.8) is 0 Å². The summed E-state index contributed by atoms with van der Waals surface area (Å²) in [5.41, 5.74) is 7.53. The van der Waals surface area contributed by atoms with Crippen molar-refractivity contribution >= 4 is 5.91 Å². The molecule has 1 saturated carbocycles. The van der Waals surface area contributed by atoms with Gasteiger partial charge in [0.15, 0.2) is 0 Å². The fourth-order valence-corrected chi connectivity index (χ4v) is 6.37. The van der Waals surface area contributed by atoms with Gasteiger partial charge in [-0.2, -0.15) is 5.26 Å². The minimum Gasteiger partial charge on any atom is -0.400 e. The molecule has 4 fully saturated rings. The number of carbonyl (C=O) groups is 1. The molecule has 7 atom stereocenters. The molecule has 0 radical (unpaired) electrons. The standard InChI is InChI=1S/C24H32FN5O.CH4O/c1-14(2)23(15-3-5-17(25)6-4-15)29-12-19-9-20(29)11-28(19)13-21(27)24(31)30-18(10-26)7-16-8-22(16)30;1-2/h3-6,14,16,18-23H,7-9,11-13,27H2,1-2H3;2H,1H3/t16?,18?,19?,20-,21?,22?,23?;/m0./s1. The number of hydrogen-bond donors (Lipinski definition) is 2. The Morgan fingerprint density at radius 3 is 2.45 bits per heavy atom. The van der Waals surface area contributed by atoms with Crippen LogP contribution in [0.15, 0.2) is 24.3 Å². The van der Waals surface area contributed by atoms with Crippen LogP contribution in [-0.4, -0.2) is 82.7 Å². The molecule has 3 saturated heterocycles. The van der Waals surface area contributed by atoms with Crippen LogP contribution in [-0.2, 0) is 4.79 Å². The Kier molecular flexibility index (Phi) is 7.06. The highest BCUT2D eigenvalue weighted by molar-refractivity contribution is 5.83. The van der Waals surface area contributed by atoms with E-state index in [1.807, 2.05) is 12.1 Å². The summed E-state index contributed by atoms with van der Waals surface area (Å²) >= 11 is 0. The SMILES string of the molecule is CC(C)C(c1ccc(F)cc1)N1CC2C[C@H]1CN2CC(N)C(=O)N1C(C#N)CC2CC21.CO. The number of likely N-dealkylation sites (tertiary alicyclic amines) is 3. The molecule has 3 N–H and O–H groups in total. The molecule has 8 heteroatoms. The number of aliphatic hydroxyl groups is 1. The molecule has 33 heavy (non-hydrogen) atoms. The van der Waals surface area contributed by atoms with Gasteiger partial charge >= 0.3 is 0 Å². The maximum absolute atomic E-state index is 13.4. The van der Waals surface area contributed by atoms with Gasteiger partial charge in [0, 0.05) is 50.9 Å². The second-order valence-electron chi connectivity index (χ2n) is 10.2. The first kappa shape index (κ1) is 24.1. The number of amides is 1.